The molecule has 0 unspecified atom stereocenters. The van der Waals surface area contributed by atoms with Gasteiger partial charge in [-0.1, -0.05) is 25.1 Å². The second-order valence-corrected chi connectivity index (χ2v) is 6.93. The van der Waals surface area contributed by atoms with Crippen molar-refractivity contribution in [2.45, 2.75) is 39.2 Å². The molecule has 1 aliphatic rings. The number of pyridine rings is 1. The van der Waals surface area contributed by atoms with E-state index in [0.29, 0.717) is 30.3 Å². The molecule has 2 amide bonds. The number of aromatic nitrogens is 3. The molecule has 7 heteroatoms. The number of fused-ring (bicyclic) bond motifs is 2. The highest BCUT2D eigenvalue weighted by Gasteiger charge is 2.27. The standard InChI is InChI=1S/C21H23N5O2/c1-2-11-23-21(28)19-25-18(16-10-3-4-13-26(16)19)20(27)24-15-9-5-7-14-8-6-12-22-17(14)15/h5-9,12H,2-4,10-11,13H2,1H3,(H,23,28)(H,24,27). The van der Waals surface area contributed by atoms with E-state index in [9.17, 15) is 9.59 Å². The van der Waals surface area contributed by atoms with Crippen LogP contribution in [0.25, 0.3) is 10.9 Å². The number of amides is 2. The number of nitrogens with one attached hydrogen (secondary N) is 2. The summed E-state index contributed by atoms with van der Waals surface area (Å²) in [5, 5.41) is 6.75. The summed E-state index contributed by atoms with van der Waals surface area (Å²) in [6.45, 7) is 3.29. The van der Waals surface area contributed by atoms with E-state index in [4.69, 9.17) is 0 Å². The molecule has 0 fully saturated rings. The van der Waals surface area contributed by atoms with Gasteiger partial charge in [0.2, 0.25) is 0 Å². The Morgan fingerprint density at radius 3 is 2.86 bits per heavy atom. The predicted octanol–water partition coefficient (Wildman–Crippen LogP) is 3.16. The van der Waals surface area contributed by atoms with E-state index in [-0.39, 0.29) is 11.8 Å². The third kappa shape index (κ3) is 3.35. The van der Waals surface area contributed by atoms with Gasteiger partial charge < -0.3 is 15.2 Å². The van der Waals surface area contributed by atoms with Crippen molar-refractivity contribution in [3.8, 4) is 0 Å². The molecule has 0 radical (unpaired) electrons. The monoisotopic (exact) mass is 377 g/mol. The van der Waals surface area contributed by atoms with Crippen LogP contribution in [0.15, 0.2) is 36.5 Å². The van der Waals surface area contributed by atoms with Gasteiger partial charge in [0.15, 0.2) is 11.5 Å². The Bertz CT molecular complexity index is 1040. The first-order valence-corrected chi connectivity index (χ1v) is 9.71. The fraction of sp³-hybridized carbons (Fsp3) is 0.333. The van der Waals surface area contributed by atoms with Gasteiger partial charge in [-0.05, 0) is 37.8 Å². The normalized spacial score (nSPS) is 13.2. The molecule has 2 aromatic heterocycles. The zero-order chi connectivity index (χ0) is 19.5. The maximum Gasteiger partial charge on any atom is 0.287 e. The van der Waals surface area contributed by atoms with E-state index in [1.807, 2.05) is 41.8 Å². The van der Waals surface area contributed by atoms with Crippen molar-refractivity contribution < 1.29 is 9.59 Å². The molecular formula is C21H23N5O2. The summed E-state index contributed by atoms with van der Waals surface area (Å²) < 4.78 is 1.89. The van der Waals surface area contributed by atoms with Crippen LogP contribution in [0.2, 0.25) is 0 Å². The van der Waals surface area contributed by atoms with E-state index in [1.54, 1.807) is 6.20 Å². The van der Waals surface area contributed by atoms with Crippen LogP contribution in [0.3, 0.4) is 0 Å². The molecule has 0 aliphatic carbocycles. The van der Waals surface area contributed by atoms with E-state index < -0.39 is 0 Å². The van der Waals surface area contributed by atoms with E-state index in [0.717, 1.165) is 42.3 Å². The predicted molar refractivity (Wildman–Crippen MR) is 107 cm³/mol. The number of imidazole rings is 1. The van der Waals surface area contributed by atoms with Crippen LogP contribution in [-0.2, 0) is 13.0 Å². The number of rotatable bonds is 5. The molecule has 0 saturated carbocycles. The first kappa shape index (κ1) is 18.2. The number of carbonyl (C=O) groups is 2. The lowest BCUT2D eigenvalue weighted by Gasteiger charge is -2.17. The number of hydrogen-bond acceptors (Lipinski definition) is 4. The van der Waals surface area contributed by atoms with Crippen LogP contribution in [0.4, 0.5) is 5.69 Å². The van der Waals surface area contributed by atoms with Crippen molar-refractivity contribution in [3.05, 3.63) is 53.7 Å². The Balaban J connectivity index is 1.67. The highest BCUT2D eigenvalue weighted by molar-refractivity contribution is 6.08. The van der Waals surface area contributed by atoms with Gasteiger partial charge in [-0.3, -0.25) is 14.6 Å². The van der Waals surface area contributed by atoms with Gasteiger partial charge in [-0.25, -0.2) is 4.98 Å². The number of nitrogens with zero attached hydrogens (tertiary/aromatic N) is 3. The molecular weight excluding hydrogens is 354 g/mol. The summed E-state index contributed by atoms with van der Waals surface area (Å²) in [7, 11) is 0. The second kappa shape index (κ2) is 7.80. The Hall–Kier alpha value is -3.22. The van der Waals surface area contributed by atoms with Crippen LogP contribution < -0.4 is 10.6 Å². The molecule has 0 spiro atoms. The summed E-state index contributed by atoms with van der Waals surface area (Å²) >= 11 is 0. The lowest BCUT2D eigenvalue weighted by atomic mass is 10.1. The molecule has 28 heavy (non-hydrogen) atoms. The molecule has 0 bridgehead atoms. The summed E-state index contributed by atoms with van der Waals surface area (Å²) in [5.41, 5.74) is 2.53. The fourth-order valence-electron chi connectivity index (χ4n) is 3.60. The van der Waals surface area contributed by atoms with Crippen molar-refractivity contribution in [1.29, 1.82) is 0 Å². The van der Waals surface area contributed by atoms with Gasteiger partial charge in [-0.2, -0.15) is 0 Å². The topological polar surface area (TPSA) is 88.9 Å². The van der Waals surface area contributed by atoms with Crippen molar-refractivity contribution in [3.63, 3.8) is 0 Å². The highest BCUT2D eigenvalue weighted by Crippen LogP contribution is 2.24. The van der Waals surface area contributed by atoms with Crippen molar-refractivity contribution in [1.82, 2.24) is 19.9 Å². The van der Waals surface area contributed by atoms with Crippen molar-refractivity contribution >= 4 is 28.4 Å². The van der Waals surface area contributed by atoms with Gasteiger partial charge >= 0.3 is 0 Å². The van der Waals surface area contributed by atoms with Gasteiger partial charge in [0, 0.05) is 24.7 Å². The Morgan fingerprint density at radius 2 is 2.00 bits per heavy atom. The van der Waals surface area contributed by atoms with Crippen LogP contribution in [-0.4, -0.2) is 32.9 Å². The Morgan fingerprint density at radius 1 is 1.14 bits per heavy atom. The van der Waals surface area contributed by atoms with Gasteiger partial charge in [-0.15, -0.1) is 0 Å². The first-order chi connectivity index (χ1) is 13.7. The summed E-state index contributed by atoms with van der Waals surface area (Å²) in [4.78, 5) is 34.4. The van der Waals surface area contributed by atoms with Crippen LogP contribution in [0.5, 0.6) is 0 Å². The minimum atomic E-state index is -0.307. The molecule has 4 rings (SSSR count). The molecule has 7 nitrogen and oxygen atoms in total. The number of benzene rings is 1. The maximum atomic E-state index is 13.0. The number of carbonyl (C=O) groups excluding carboxylic acids is 2. The average molecular weight is 377 g/mol. The molecule has 2 N–H and O–H groups in total. The molecule has 144 valence electrons. The minimum absolute atomic E-state index is 0.226. The third-order valence-corrected chi connectivity index (χ3v) is 4.95. The lowest BCUT2D eigenvalue weighted by Crippen LogP contribution is -2.28. The molecule has 1 aliphatic heterocycles. The van der Waals surface area contributed by atoms with Gasteiger partial charge in [0.25, 0.3) is 11.8 Å². The van der Waals surface area contributed by atoms with Gasteiger partial charge in [0.1, 0.15) is 0 Å². The van der Waals surface area contributed by atoms with Crippen molar-refractivity contribution in [2.75, 3.05) is 11.9 Å². The minimum Gasteiger partial charge on any atom is -0.349 e. The second-order valence-electron chi connectivity index (χ2n) is 6.93. The molecule has 1 aromatic carbocycles. The number of para-hydroxylation sites is 1. The molecule has 0 atom stereocenters. The maximum absolute atomic E-state index is 13.0. The molecule has 0 saturated heterocycles. The molecule has 3 heterocycles. The van der Waals surface area contributed by atoms with Crippen LogP contribution >= 0.6 is 0 Å². The van der Waals surface area contributed by atoms with Crippen LogP contribution in [0.1, 0.15) is 53.0 Å². The number of hydrogen-bond donors (Lipinski definition) is 2. The number of anilines is 1. The Labute approximate surface area is 163 Å². The zero-order valence-corrected chi connectivity index (χ0v) is 15.9. The quantitative estimate of drug-likeness (QED) is 0.715. The first-order valence-electron chi connectivity index (χ1n) is 9.71. The average Bonchev–Trinajstić information content (AvgIpc) is 3.12. The summed E-state index contributed by atoms with van der Waals surface area (Å²) in [5.74, 6) is -0.210. The van der Waals surface area contributed by atoms with E-state index in [2.05, 4.69) is 20.6 Å². The summed E-state index contributed by atoms with van der Waals surface area (Å²) in [6, 6.07) is 9.47. The fourth-order valence-corrected chi connectivity index (χ4v) is 3.60. The Kier molecular flexibility index (Phi) is 5.06. The lowest BCUT2D eigenvalue weighted by molar-refractivity contribution is 0.0937. The van der Waals surface area contributed by atoms with E-state index >= 15 is 0 Å². The van der Waals surface area contributed by atoms with Gasteiger partial charge in [0.05, 0.1) is 16.9 Å². The highest BCUT2D eigenvalue weighted by atomic mass is 16.2. The third-order valence-electron chi connectivity index (χ3n) is 4.95. The van der Waals surface area contributed by atoms with Crippen molar-refractivity contribution in [2.24, 2.45) is 0 Å². The zero-order valence-electron chi connectivity index (χ0n) is 15.9. The SMILES string of the molecule is CCCNC(=O)c1nc(C(=O)Nc2cccc3cccnc23)c2n1CCCC2. The van der Waals surface area contributed by atoms with Crippen LogP contribution in [0, 0.1) is 0 Å². The smallest absolute Gasteiger partial charge is 0.287 e. The van der Waals surface area contributed by atoms with E-state index in [1.165, 1.54) is 0 Å². The largest absolute Gasteiger partial charge is 0.349 e. The summed E-state index contributed by atoms with van der Waals surface area (Å²) in [6.07, 6.45) is 5.25. The molecule has 3 aromatic rings.